The van der Waals surface area contributed by atoms with Gasteiger partial charge in [0.2, 0.25) is 0 Å². The summed E-state index contributed by atoms with van der Waals surface area (Å²) in [7, 11) is 0. The zero-order chi connectivity index (χ0) is 11.4. The average molecular weight is 223 g/mol. The quantitative estimate of drug-likeness (QED) is 0.850. The lowest BCUT2D eigenvalue weighted by Crippen LogP contribution is -2.27. The number of aromatic nitrogens is 2. The first-order chi connectivity index (χ1) is 7.75. The summed E-state index contributed by atoms with van der Waals surface area (Å²) in [5.41, 5.74) is 5.54. The molecule has 90 valence electrons. The van der Waals surface area contributed by atoms with Gasteiger partial charge < -0.3 is 10.5 Å². The molecule has 4 heteroatoms. The van der Waals surface area contributed by atoms with Crippen LogP contribution >= 0.6 is 0 Å². The number of rotatable bonds is 4. The van der Waals surface area contributed by atoms with Crippen LogP contribution < -0.4 is 5.73 Å². The normalized spacial score (nSPS) is 25.8. The van der Waals surface area contributed by atoms with E-state index >= 15 is 0 Å². The summed E-state index contributed by atoms with van der Waals surface area (Å²) >= 11 is 0. The van der Waals surface area contributed by atoms with E-state index in [1.165, 1.54) is 25.7 Å². The second-order valence-electron chi connectivity index (χ2n) is 4.67. The van der Waals surface area contributed by atoms with E-state index in [0.29, 0.717) is 17.8 Å². The van der Waals surface area contributed by atoms with Gasteiger partial charge in [-0.2, -0.15) is 5.10 Å². The summed E-state index contributed by atoms with van der Waals surface area (Å²) in [4.78, 5) is 0. The highest BCUT2D eigenvalue weighted by Crippen LogP contribution is 2.26. The van der Waals surface area contributed by atoms with Gasteiger partial charge in [0.15, 0.2) is 0 Å². The highest BCUT2D eigenvalue weighted by Gasteiger charge is 2.21. The number of anilines is 1. The molecule has 0 spiro atoms. The summed E-state index contributed by atoms with van der Waals surface area (Å²) in [6, 6.07) is 1.81. The Bertz CT molecular complexity index is 324. The second-order valence-corrected chi connectivity index (χ2v) is 4.67. The van der Waals surface area contributed by atoms with Crippen molar-refractivity contribution in [2.24, 2.45) is 5.92 Å². The van der Waals surface area contributed by atoms with E-state index in [0.717, 1.165) is 13.2 Å². The molecule has 0 aromatic carbocycles. The zero-order valence-electron chi connectivity index (χ0n) is 9.93. The molecular weight excluding hydrogens is 202 g/mol. The first kappa shape index (κ1) is 11.5. The number of nitrogens with zero attached hydrogens (tertiary/aromatic N) is 2. The average Bonchev–Trinajstić information content (AvgIpc) is 2.67. The van der Waals surface area contributed by atoms with Crippen LogP contribution in [-0.4, -0.2) is 22.5 Å². The Kier molecular flexibility index (Phi) is 3.83. The van der Waals surface area contributed by atoms with Gasteiger partial charge in [0.05, 0.1) is 19.3 Å². The van der Waals surface area contributed by atoms with Gasteiger partial charge in [0.25, 0.3) is 0 Å². The third-order valence-electron chi connectivity index (χ3n) is 3.35. The maximum atomic E-state index is 5.91. The van der Waals surface area contributed by atoms with Crippen LogP contribution in [0.25, 0.3) is 0 Å². The molecule has 0 radical (unpaired) electrons. The fraction of sp³-hybridized carbons (Fsp3) is 0.750. The van der Waals surface area contributed by atoms with Crippen molar-refractivity contribution in [2.45, 2.75) is 45.3 Å². The topological polar surface area (TPSA) is 53.1 Å². The van der Waals surface area contributed by atoms with Crippen molar-refractivity contribution in [3.05, 3.63) is 12.3 Å². The molecule has 0 aliphatic heterocycles. The third-order valence-corrected chi connectivity index (χ3v) is 3.35. The Morgan fingerprint density at radius 1 is 1.50 bits per heavy atom. The van der Waals surface area contributed by atoms with Crippen molar-refractivity contribution in [1.82, 2.24) is 9.78 Å². The standard InChI is InChI=1S/C12H21N3O/c1-10-4-2-3-5-11(10)16-9-8-15-7-6-12(13)14-15/h6-7,10-11H,2-5,8-9H2,1H3,(H2,13,14). The second kappa shape index (κ2) is 5.34. The van der Waals surface area contributed by atoms with E-state index < -0.39 is 0 Å². The fourth-order valence-corrected chi connectivity index (χ4v) is 2.33. The molecule has 1 aromatic heterocycles. The van der Waals surface area contributed by atoms with Crippen LogP contribution in [0.3, 0.4) is 0 Å². The Morgan fingerprint density at radius 3 is 3.00 bits per heavy atom. The molecule has 0 amide bonds. The van der Waals surface area contributed by atoms with Crippen LogP contribution in [-0.2, 0) is 11.3 Å². The van der Waals surface area contributed by atoms with Crippen LogP contribution in [0.15, 0.2) is 12.3 Å². The minimum atomic E-state index is 0.446. The third kappa shape index (κ3) is 2.98. The predicted molar refractivity (Wildman–Crippen MR) is 64.0 cm³/mol. The van der Waals surface area contributed by atoms with Crippen molar-refractivity contribution in [2.75, 3.05) is 12.3 Å². The molecule has 1 aliphatic carbocycles. The number of ether oxygens (including phenoxy) is 1. The maximum absolute atomic E-state index is 5.91. The van der Waals surface area contributed by atoms with Crippen molar-refractivity contribution >= 4 is 5.82 Å². The summed E-state index contributed by atoms with van der Waals surface area (Å²) in [6.45, 7) is 3.81. The molecule has 1 saturated carbocycles. The van der Waals surface area contributed by atoms with Crippen LogP contribution in [0.2, 0.25) is 0 Å². The van der Waals surface area contributed by atoms with Crippen LogP contribution in [0, 0.1) is 5.92 Å². The lowest BCUT2D eigenvalue weighted by Gasteiger charge is -2.28. The monoisotopic (exact) mass is 223 g/mol. The highest BCUT2D eigenvalue weighted by molar-refractivity contribution is 5.23. The summed E-state index contributed by atoms with van der Waals surface area (Å²) in [5, 5.41) is 4.13. The molecule has 2 unspecified atom stereocenters. The highest BCUT2D eigenvalue weighted by atomic mass is 16.5. The molecular formula is C12H21N3O. The van der Waals surface area contributed by atoms with Crippen LogP contribution in [0.5, 0.6) is 0 Å². The Hall–Kier alpha value is -1.03. The zero-order valence-corrected chi connectivity index (χ0v) is 9.93. The van der Waals surface area contributed by atoms with Crippen molar-refractivity contribution in [1.29, 1.82) is 0 Å². The van der Waals surface area contributed by atoms with E-state index in [-0.39, 0.29) is 0 Å². The molecule has 1 heterocycles. The molecule has 2 N–H and O–H groups in total. The number of nitrogen functional groups attached to an aromatic ring is 1. The van der Waals surface area contributed by atoms with Crippen molar-refractivity contribution in [3.63, 3.8) is 0 Å². The van der Waals surface area contributed by atoms with Crippen LogP contribution in [0.1, 0.15) is 32.6 Å². The van der Waals surface area contributed by atoms with E-state index in [4.69, 9.17) is 10.5 Å². The molecule has 2 atom stereocenters. The maximum Gasteiger partial charge on any atom is 0.145 e. The minimum absolute atomic E-state index is 0.446. The molecule has 1 aliphatic rings. The van der Waals surface area contributed by atoms with Crippen LogP contribution in [0.4, 0.5) is 5.82 Å². The number of hydrogen-bond donors (Lipinski definition) is 1. The smallest absolute Gasteiger partial charge is 0.145 e. The lowest BCUT2D eigenvalue weighted by molar-refractivity contribution is -0.00927. The van der Waals surface area contributed by atoms with Gasteiger partial charge in [-0.15, -0.1) is 0 Å². The fourth-order valence-electron chi connectivity index (χ4n) is 2.33. The van der Waals surface area contributed by atoms with Gasteiger partial charge in [-0.1, -0.05) is 19.8 Å². The molecule has 2 rings (SSSR count). The summed E-state index contributed by atoms with van der Waals surface area (Å²) in [5.74, 6) is 1.28. The van der Waals surface area contributed by atoms with Crippen molar-refractivity contribution < 1.29 is 4.74 Å². The van der Waals surface area contributed by atoms with Gasteiger partial charge in [-0.3, -0.25) is 4.68 Å². The number of hydrogen-bond acceptors (Lipinski definition) is 3. The van der Waals surface area contributed by atoms with Gasteiger partial charge in [0, 0.05) is 6.20 Å². The van der Waals surface area contributed by atoms with Gasteiger partial charge in [-0.25, -0.2) is 0 Å². The lowest BCUT2D eigenvalue weighted by atomic mass is 9.88. The van der Waals surface area contributed by atoms with Gasteiger partial charge in [-0.05, 0) is 24.8 Å². The largest absolute Gasteiger partial charge is 0.382 e. The van der Waals surface area contributed by atoms with E-state index in [1.54, 1.807) is 0 Å². The first-order valence-electron chi connectivity index (χ1n) is 6.16. The summed E-state index contributed by atoms with van der Waals surface area (Å²) < 4.78 is 7.74. The molecule has 0 saturated heterocycles. The summed E-state index contributed by atoms with van der Waals surface area (Å²) in [6.07, 6.45) is 7.52. The molecule has 0 bridgehead atoms. The molecule has 1 aromatic rings. The van der Waals surface area contributed by atoms with Crippen molar-refractivity contribution in [3.8, 4) is 0 Å². The van der Waals surface area contributed by atoms with E-state index in [9.17, 15) is 0 Å². The van der Waals surface area contributed by atoms with Gasteiger partial charge in [0.1, 0.15) is 5.82 Å². The van der Waals surface area contributed by atoms with E-state index in [1.807, 2.05) is 16.9 Å². The first-order valence-corrected chi connectivity index (χ1v) is 6.16. The molecule has 1 fully saturated rings. The minimum Gasteiger partial charge on any atom is -0.382 e. The van der Waals surface area contributed by atoms with E-state index in [2.05, 4.69) is 12.0 Å². The Labute approximate surface area is 96.8 Å². The molecule has 4 nitrogen and oxygen atoms in total. The SMILES string of the molecule is CC1CCCCC1OCCn1ccc(N)n1. The Balaban J connectivity index is 1.71. The number of nitrogens with two attached hydrogens (primary N) is 1. The predicted octanol–water partition coefficient (Wildman–Crippen LogP) is 2.06. The Morgan fingerprint density at radius 2 is 2.31 bits per heavy atom. The van der Waals surface area contributed by atoms with Gasteiger partial charge >= 0.3 is 0 Å². The molecule has 16 heavy (non-hydrogen) atoms.